The lowest BCUT2D eigenvalue weighted by molar-refractivity contribution is -0.0686. The average Bonchev–Trinajstić information content (AvgIpc) is 2.90. The van der Waals surface area contributed by atoms with E-state index in [0.29, 0.717) is 6.61 Å². The third-order valence-electron chi connectivity index (χ3n) is 4.14. The van der Waals surface area contributed by atoms with Crippen molar-refractivity contribution >= 4 is 12.4 Å². The minimum absolute atomic E-state index is 0. The van der Waals surface area contributed by atoms with Gasteiger partial charge in [-0.1, -0.05) is 12.3 Å². The predicted molar refractivity (Wildman–Crippen MR) is 79.5 cm³/mol. The molecule has 1 saturated carbocycles. The Bertz CT molecular complexity index is 291. The molecule has 0 aromatic heterocycles. The average molecular weight is 288 g/mol. The largest absolute Gasteiger partial charge is 0.389 e. The van der Waals surface area contributed by atoms with Crippen molar-refractivity contribution in [3.8, 4) is 12.3 Å². The van der Waals surface area contributed by atoms with Gasteiger partial charge < -0.3 is 14.7 Å². The lowest BCUT2D eigenvalue weighted by Crippen LogP contribution is -2.39. The third-order valence-corrected chi connectivity index (χ3v) is 4.14. The Kier molecular flexibility index (Phi) is 7.17. The molecule has 0 bridgehead atoms. The molecule has 2 aliphatic rings. The van der Waals surface area contributed by atoms with Crippen LogP contribution in [0.25, 0.3) is 0 Å². The Morgan fingerprint density at radius 1 is 1.16 bits per heavy atom. The van der Waals surface area contributed by atoms with Crippen molar-refractivity contribution in [2.75, 3.05) is 26.2 Å². The zero-order chi connectivity index (χ0) is 12.8. The number of aliphatic hydroxyl groups is 1. The fourth-order valence-corrected chi connectivity index (χ4v) is 3.02. The van der Waals surface area contributed by atoms with Crippen LogP contribution in [-0.4, -0.2) is 48.0 Å². The maximum atomic E-state index is 10.0. The van der Waals surface area contributed by atoms with Crippen LogP contribution in [0.5, 0.6) is 0 Å². The van der Waals surface area contributed by atoms with Crippen molar-refractivity contribution in [3.05, 3.63) is 0 Å². The van der Waals surface area contributed by atoms with Gasteiger partial charge in [0, 0.05) is 6.54 Å². The summed E-state index contributed by atoms with van der Waals surface area (Å²) in [6, 6.07) is 0. The Labute approximate surface area is 123 Å². The highest BCUT2D eigenvalue weighted by atomic mass is 35.5. The first-order chi connectivity index (χ1) is 8.74. The van der Waals surface area contributed by atoms with E-state index in [0.717, 1.165) is 45.3 Å². The van der Waals surface area contributed by atoms with Crippen LogP contribution >= 0.6 is 12.4 Å². The molecule has 0 radical (unpaired) electrons. The molecule has 0 aromatic rings. The van der Waals surface area contributed by atoms with Crippen molar-refractivity contribution in [3.63, 3.8) is 0 Å². The summed E-state index contributed by atoms with van der Waals surface area (Å²) >= 11 is 0. The number of β-amino-alcohol motifs (C(OH)–C–C–N with tert-alkyl or cyclic N) is 1. The maximum Gasteiger partial charge on any atom is 0.128 e. The van der Waals surface area contributed by atoms with Gasteiger partial charge in [-0.15, -0.1) is 18.8 Å². The van der Waals surface area contributed by atoms with E-state index in [9.17, 15) is 5.11 Å². The van der Waals surface area contributed by atoms with E-state index in [4.69, 9.17) is 11.2 Å². The number of aliphatic hydroxyl groups excluding tert-OH is 1. The number of hydrogen-bond donors (Lipinski definition) is 1. The highest BCUT2D eigenvalue weighted by Crippen LogP contribution is 2.31. The van der Waals surface area contributed by atoms with Crippen molar-refractivity contribution in [2.24, 2.45) is 0 Å². The Balaban J connectivity index is 0.00000180. The minimum atomic E-state index is -0.407. The summed E-state index contributed by atoms with van der Waals surface area (Å²) < 4.78 is 5.88. The maximum absolute atomic E-state index is 10.0. The van der Waals surface area contributed by atoms with E-state index in [1.165, 1.54) is 19.3 Å². The van der Waals surface area contributed by atoms with Gasteiger partial charge in [0.05, 0.1) is 12.7 Å². The van der Waals surface area contributed by atoms with E-state index in [1.807, 2.05) is 0 Å². The molecule has 19 heavy (non-hydrogen) atoms. The second-order valence-corrected chi connectivity index (χ2v) is 5.67. The van der Waals surface area contributed by atoms with Gasteiger partial charge in [-0.3, -0.25) is 0 Å². The molecular formula is C15H26ClNO2. The molecule has 3 nitrogen and oxygen atoms in total. The van der Waals surface area contributed by atoms with E-state index in [1.54, 1.807) is 0 Å². The van der Waals surface area contributed by atoms with Crippen LogP contribution in [0.2, 0.25) is 0 Å². The molecule has 4 heteroatoms. The van der Waals surface area contributed by atoms with Crippen LogP contribution in [0.3, 0.4) is 0 Å². The third kappa shape index (κ3) is 4.96. The van der Waals surface area contributed by atoms with Crippen LogP contribution in [0.15, 0.2) is 0 Å². The first-order valence-electron chi connectivity index (χ1n) is 7.26. The highest BCUT2D eigenvalue weighted by molar-refractivity contribution is 5.85. The van der Waals surface area contributed by atoms with Gasteiger partial charge in [0.1, 0.15) is 5.60 Å². The first-order valence-corrected chi connectivity index (χ1v) is 7.26. The van der Waals surface area contributed by atoms with E-state index < -0.39 is 11.7 Å². The molecule has 1 N–H and O–H groups in total. The molecule has 2 rings (SSSR count). The van der Waals surface area contributed by atoms with Gasteiger partial charge in [0.15, 0.2) is 0 Å². The number of nitrogens with zero attached hydrogens (tertiary/aromatic N) is 1. The lowest BCUT2D eigenvalue weighted by atomic mass is 9.85. The summed E-state index contributed by atoms with van der Waals surface area (Å²) in [7, 11) is 0. The summed E-state index contributed by atoms with van der Waals surface area (Å²) in [6.45, 7) is 3.32. The molecule has 1 aliphatic carbocycles. The SMILES string of the molecule is C#CC1(OCC(O)CN2CCCC2)CCCCC1.Cl. The van der Waals surface area contributed by atoms with Gasteiger partial charge in [-0.25, -0.2) is 0 Å². The van der Waals surface area contributed by atoms with Gasteiger partial charge in [-0.05, 0) is 51.6 Å². The number of halogens is 1. The van der Waals surface area contributed by atoms with Crippen molar-refractivity contribution in [2.45, 2.75) is 56.7 Å². The molecule has 110 valence electrons. The Morgan fingerprint density at radius 2 is 1.79 bits per heavy atom. The highest BCUT2D eigenvalue weighted by Gasteiger charge is 2.31. The summed E-state index contributed by atoms with van der Waals surface area (Å²) in [4.78, 5) is 2.30. The molecule has 1 aliphatic heterocycles. The van der Waals surface area contributed by atoms with Crippen LogP contribution in [-0.2, 0) is 4.74 Å². The molecule has 2 fully saturated rings. The number of likely N-dealkylation sites (tertiary alicyclic amines) is 1. The Morgan fingerprint density at radius 3 is 2.37 bits per heavy atom. The predicted octanol–water partition coefficient (Wildman–Crippen LogP) is 2.22. The van der Waals surface area contributed by atoms with Crippen molar-refractivity contribution < 1.29 is 9.84 Å². The zero-order valence-electron chi connectivity index (χ0n) is 11.6. The summed E-state index contributed by atoms with van der Waals surface area (Å²) in [5, 5.41) is 10.0. The fourth-order valence-electron chi connectivity index (χ4n) is 3.02. The van der Waals surface area contributed by atoms with Crippen molar-refractivity contribution in [1.29, 1.82) is 0 Å². The molecule has 1 saturated heterocycles. The topological polar surface area (TPSA) is 32.7 Å². The van der Waals surface area contributed by atoms with E-state index in [2.05, 4.69) is 10.8 Å². The van der Waals surface area contributed by atoms with Crippen molar-refractivity contribution in [1.82, 2.24) is 4.90 Å². The number of ether oxygens (including phenoxy) is 1. The van der Waals surface area contributed by atoms with Crippen LogP contribution in [0.1, 0.15) is 44.9 Å². The normalized spacial score (nSPS) is 24.4. The molecule has 1 heterocycles. The zero-order valence-corrected chi connectivity index (χ0v) is 12.5. The van der Waals surface area contributed by atoms with E-state index >= 15 is 0 Å². The second-order valence-electron chi connectivity index (χ2n) is 5.67. The monoisotopic (exact) mass is 287 g/mol. The fraction of sp³-hybridized carbons (Fsp3) is 0.867. The van der Waals surface area contributed by atoms with E-state index in [-0.39, 0.29) is 12.4 Å². The molecule has 1 atom stereocenters. The van der Waals surface area contributed by atoms with Crippen LogP contribution < -0.4 is 0 Å². The first kappa shape index (κ1) is 16.8. The number of hydrogen-bond acceptors (Lipinski definition) is 3. The number of terminal acetylenes is 1. The number of rotatable bonds is 5. The molecule has 1 unspecified atom stereocenters. The van der Waals surface area contributed by atoms with Gasteiger partial charge in [0.25, 0.3) is 0 Å². The standard InChI is InChI=1S/C15H25NO2.ClH/c1-2-15(8-4-3-5-9-15)18-13-14(17)12-16-10-6-7-11-16;/h1,14,17H,3-13H2;1H. The van der Waals surface area contributed by atoms with Gasteiger partial charge in [0.2, 0.25) is 0 Å². The van der Waals surface area contributed by atoms with Crippen LogP contribution in [0.4, 0.5) is 0 Å². The molecular weight excluding hydrogens is 262 g/mol. The molecule has 0 spiro atoms. The Hall–Kier alpha value is -0.270. The summed E-state index contributed by atoms with van der Waals surface area (Å²) in [5.41, 5.74) is -0.399. The lowest BCUT2D eigenvalue weighted by Gasteiger charge is -2.33. The quantitative estimate of drug-likeness (QED) is 0.787. The molecule has 0 aromatic carbocycles. The summed E-state index contributed by atoms with van der Waals surface area (Å²) in [5.74, 6) is 2.82. The van der Waals surface area contributed by atoms with Gasteiger partial charge in [-0.2, -0.15) is 0 Å². The minimum Gasteiger partial charge on any atom is -0.389 e. The smallest absolute Gasteiger partial charge is 0.128 e. The summed E-state index contributed by atoms with van der Waals surface area (Å²) in [6.07, 6.45) is 13.1. The van der Waals surface area contributed by atoms with Gasteiger partial charge >= 0.3 is 0 Å². The molecule has 0 amide bonds. The second kappa shape index (κ2) is 8.11. The van der Waals surface area contributed by atoms with Crippen LogP contribution in [0, 0.1) is 12.3 Å².